The van der Waals surface area contributed by atoms with E-state index in [4.69, 9.17) is 10.7 Å². The molecule has 0 bridgehead atoms. The lowest BCUT2D eigenvalue weighted by atomic mass is 10.4. The fourth-order valence-electron chi connectivity index (χ4n) is 0.948. The van der Waals surface area contributed by atoms with Gasteiger partial charge in [0.25, 0.3) is 9.05 Å². The largest absolute Gasteiger partial charge is 0.573 e. The minimum Gasteiger partial charge on any atom is -0.502 e. The first-order valence-corrected chi connectivity index (χ1v) is 6.34. The molecular formula is C7H5ClF3NO5S. The standard InChI is InChI=1S/C7H5ClF3NO5S/c1-16-4-2-3(17-7(9,10)11)5(13)6(12-4)18(8,14)15/h2,13H,1H3. The summed E-state index contributed by atoms with van der Waals surface area (Å²) in [7, 11) is 1.36. The molecule has 0 aliphatic carbocycles. The normalized spacial score (nSPS) is 12.3. The van der Waals surface area contributed by atoms with Crippen molar-refractivity contribution >= 4 is 19.7 Å². The first-order chi connectivity index (χ1) is 8.04. The first kappa shape index (κ1) is 14.6. The summed E-state index contributed by atoms with van der Waals surface area (Å²) in [6.07, 6.45) is -5.13. The number of methoxy groups -OCH3 is 1. The number of pyridine rings is 1. The van der Waals surface area contributed by atoms with Gasteiger partial charge in [0.15, 0.2) is 11.5 Å². The van der Waals surface area contributed by atoms with Crippen molar-refractivity contribution in [1.29, 1.82) is 0 Å². The predicted octanol–water partition coefficient (Wildman–Crippen LogP) is 1.62. The predicted molar refractivity (Wildman–Crippen MR) is 52.2 cm³/mol. The van der Waals surface area contributed by atoms with Crippen LogP contribution in [0.4, 0.5) is 13.2 Å². The van der Waals surface area contributed by atoms with Crippen LogP contribution in [0.2, 0.25) is 0 Å². The second kappa shape index (κ2) is 4.69. The van der Waals surface area contributed by atoms with Crippen molar-refractivity contribution in [3.05, 3.63) is 6.07 Å². The third-order valence-electron chi connectivity index (χ3n) is 1.57. The molecule has 1 rings (SSSR count). The molecule has 0 aliphatic rings. The number of ether oxygens (including phenoxy) is 2. The van der Waals surface area contributed by atoms with E-state index in [0.717, 1.165) is 7.11 Å². The molecule has 0 aromatic carbocycles. The minimum absolute atomic E-state index is 0.522. The highest BCUT2D eigenvalue weighted by Gasteiger charge is 2.34. The van der Waals surface area contributed by atoms with Gasteiger partial charge in [0.1, 0.15) is 0 Å². The summed E-state index contributed by atoms with van der Waals surface area (Å²) in [5, 5.41) is 8.11. The Hall–Kier alpha value is -1.42. The Balaban J connectivity index is 3.44. The van der Waals surface area contributed by atoms with Crippen LogP contribution in [0.1, 0.15) is 0 Å². The average molecular weight is 308 g/mol. The zero-order chi connectivity index (χ0) is 14.1. The number of aromatic hydroxyl groups is 1. The Bertz CT molecular complexity index is 559. The molecule has 102 valence electrons. The summed E-state index contributed by atoms with van der Waals surface area (Å²) in [6, 6.07) is 0.564. The van der Waals surface area contributed by atoms with Crippen LogP contribution >= 0.6 is 10.7 Å². The van der Waals surface area contributed by atoms with Gasteiger partial charge in [-0.3, -0.25) is 0 Å². The van der Waals surface area contributed by atoms with Gasteiger partial charge in [-0.05, 0) is 0 Å². The van der Waals surface area contributed by atoms with Crippen molar-refractivity contribution in [2.45, 2.75) is 11.4 Å². The smallest absolute Gasteiger partial charge is 0.502 e. The lowest BCUT2D eigenvalue weighted by Crippen LogP contribution is -2.17. The maximum Gasteiger partial charge on any atom is 0.573 e. The van der Waals surface area contributed by atoms with Crippen molar-refractivity contribution in [2.75, 3.05) is 7.11 Å². The third kappa shape index (κ3) is 3.53. The van der Waals surface area contributed by atoms with Gasteiger partial charge in [-0.15, -0.1) is 13.2 Å². The lowest BCUT2D eigenvalue weighted by molar-refractivity contribution is -0.275. The third-order valence-corrected chi connectivity index (χ3v) is 2.75. The van der Waals surface area contributed by atoms with E-state index in [9.17, 15) is 26.7 Å². The monoisotopic (exact) mass is 307 g/mol. The molecule has 1 N–H and O–H groups in total. The number of alkyl halides is 3. The van der Waals surface area contributed by atoms with E-state index in [1.807, 2.05) is 0 Å². The average Bonchev–Trinajstić information content (AvgIpc) is 2.17. The van der Waals surface area contributed by atoms with Gasteiger partial charge in [0.2, 0.25) is 10.9 Å². The van der Waals surface area contributed by atoms with Crippen molar-refractivity contribution in [2.24, 2.45) is 0 Å². The van der Waals surface area contributed by atoms with E-state index in [-0.39, 0.29) is 0 Å². The Kier molecular flexibility index (Phi) is 3.81. The Morgan fingerprint density at radius 3 is 2.39 bits per heavy atom. The minimum atomic E-state index is -5.13. The summed E-state index contributed by atoms with van der Waals surface area (Å²) in [6.45, 7) is 0. The Morgan fingerprint density at radius 2 is 2.00 bits per heavy atom. The zero-order valence-corrected chi connectivity index (χ0v) is 10.1. The number of hydrogen-bond donors (Lipinski definition) is 1. The van der Waals surface area contributed by atoms with Gasteiger partial charge >= 0.3 is 6.36 Å². The Labute approximate surface area is 103 Å². The topological polar surface area (TPSA) is 85.7 Å². The second-order valence-corrected chi connectivity index (χ2v) is 5.28. The van der Waals surface area contributed by atoms with Crippen molar-refractivity contribution in [1.82, 2.24) is 4.98 Å². The number of halogens is 4. The number of nitrogens with zero attached hydrogens (tertiary/aromatic N) is 1. The molecule has 1 aromatic rings. The molecular weight excluding hydrogens is 303 g/mol. The van der Waals surface area contributed by atoms with Crippen LogP contribution in [-0.2, 0) is 9.05 Å². The molecule has 0 radical (unpaired) electrons. The molecule has 0 atom stereocenters. The van der Waals surface area contributed by atoms with E-state index in [2.05, 4.69) is 14.5 Å². The van der Waals surface area contributed by atoms with Gasteiger partial charge in [-0.25, -0.2) is 8.42 Å². The summed E-state index contributed by atoms with van der Waals surface area (Å²) >= 11 is 0. The van der Waals surface area contributed by atoms with E-state index >= 15 is 0 Å². The van der Waals surface area contributed by atoms with Crippen LogP contribution in [0.3, 0.4) is 0 Å². The molecule has 0 amide bonds. The fraction of sp³-hybridized carbons (Fsp3) is 0.286. The fourth-order valence-corrected chi connectivity index (χ4v) is 1.80. The maximum absolute atomic E-state index is 12.0. The summed E-state index contributed by atoms with van der Waals surface area (Å²) < 4.78 is 65.9. The molecule has 0 aliphatic heterocycles. The van der Waals surface area contributed by atoms with Gasteiger partial charge in [-0.2, -0.15) is 4.98 Å². The molecule has 1 heterocycles. The zero-order valence-electron chi connectivity index (χ0n) is 8.52. The quantitative estimate of drug-likeness (QED) is 0.854. The second-order valence-electron chi connectivity index (χ2n) is 2.80. The lowest BCUT2D eigenvalue weighted by Gasteiger charge is -2.12. The highest BCUT2D eigenvalue weighted by molar-refractivity contribution is 8.13. The SMILES string of the molecule is COc1cc(OC(F)(F)F)c(O)c(S(=O)(=O)Cl)n1. The summed E-state index contributed by atoms with van der Waals surface area (Å²) in [5.74, 6) is -3.07. The number of aromatic nitrogens is 1. The van der Waals surface area contributed by atoms with E-state index in [1.54, 1.807) is 0 Å². The molecule has 0 saturated heterocycles. The molecule has 18 heavy (non-hydrogen) atoms. The highest BCUT2D eigenvalue weighted by atomic mass is 35.7. The van der Waals surface area contributed by atoms with Crippen LogP contribution in [0, 0.1) is 0 Å². The van der Waals surface area contributed by atoms with Crippen molar-refractivity contribution in [3.8, 4) is 17.4 Å². The van der Waals surface area contributed by atoms with Crippen LogP contribution in [-0.4, -0.2) is 32.0 Å². The molecule has 11 heteroatoms. The molecule has 6 nitrogen and oxygen atoms in total. The van der Waals surface area contributed by atoms with E-state index in [0.29, 0.717) is 6.07 Å². The maximum atomic E-state index is 12.0. The highest BCUT2D eigenvalue weighted by Crippen LogP contribution is 2.38. The number of hydrogen-bond acceptors (Lipinski definition) is 6. The van der Waals surface area contributed by atoms with Crippen LogP contribution in [0.15, 0.2) is 11.1 Å². The molecule has 0 fully saturated rings. The van der Waals surface area contributed by atoms with Crippen LogP contribution < -0.4 is 9.47 Å². The van der Waals surface area contributed by atoms with Gasteiger partial charge in [-0.1, -0.05) is 0 Å². The van der Waals surface area contributed by atoms with Crippen LogP contribution in [0.25, 0.3) is 0 Å². The summed E-state index contributed by atoms with van der Waals surface area (Å²) in [5.41, 5.74) is 0. The molecule has 0 spiro atoms. The van der Waals surface area contributed by atoms with Crippen molar-refractivity contribution < 1.29 is 36.2 Å². The van der Waals surface area contributed by atoms with Gasteiger partial charge < -0.3 is 14.6 Å². The van der Waals surface area contributed by atoms with Gasteiger partial charge in [0, 0.05) is 16.7 Å². The van der Waals surface area contributed by atoms with E-state index in [1.165, 1.54) is 0 Å². The summed E-state index contributed by atoms with van der Waals surface area (Å²) in [4.78, 5) is 3.21. The van der Waals surface area contributed by atoms with Gasteiger partial charge in [0.05, 0.1) is 7.11 Å². The first-order valence-electron chi connectivity index (χ1n) is 4.03. The van der Waals surface area contributed by atoms with Crippen molar-refractivity contribution in [3.63, 3.8) is 0 Å². The van der Waals surface area contributed by atoms with Crippen LogP contribution in [0.5, 0.6) is 17.4 Å². The molecule has 1 aromatic heterocycles. The molecule has 0 saturated carbocycles. The van der Waals surface area contributed by atoms with E-state index < -0.39 is 37.8 Å². The Morgan fingerprint density at radius 1 is 1.44 bits per heavy atom. The molecule has 0 unspecified atom stereocenters. The number of rotatable bonds is 3.